The van der Waals surface area contributed by atoms with E-state index in [1.807, 2.05) is 24.3 Å². The van der Waals surface area contributed by atoms with E-state index in [0.29, 0.717) is 18.8 Å². The molecule has 31 heavy (non-hydrogen) atoms. The van der Waals surface area contributed by atoms with Gasteiger partial charge in [0, 0.05) is 42.3 Å². The van der Waals surface area contributed by atoms with Crippen molar-refractivity contribution in [2.24, 2.45) is 0 Å². The number of piperidine rings is 1. The van der Waals surface area contributed by atoms with E-state index in [1.165, 1.54) is 6.26 Å². The highest BCUT2D eigenvalue weighted by atomic mass is 16.3. The van der Waals surface area contributed by atoms with Crippen LogP contribution in [-0.4, -0.2) is 40.4 Å². The fourth-order valence-corrected chi connectivity index (χ4v) is 4.13. The number of rotatable bonds is 5. The fourth-order valence-electron chi connectivity index (χ4n) is 4.13. The van der Waals surface area contributed by atoms with Gasteiger partial charge in [0.1, 0.15) is 0 Å². The first-order valence-corrected chi connectivity index (χ1v) is 10.6. The molecule has 6 heteroatoms. The zero-order valence-electron chi connectivity index (χ0n) is 17.9. The number of aromatic nitrogens is 1. The molecule has 0 atom stereocenters. The Morgan fingerprint density at radius 1 is 1.06 bits per heavy atom. The van der Waals surface area contributed by atoms with Crippen molar-refractivity contribution in [3.05, 3.63) is 83.6 Å². The lowest BCUT2D eigenvalue weighted by molar-refractivity contribution is -0.117. The highest BCUT2D eigenvalue weighted by Crippen LogP contribution is 2.21. The molecule has 1 N–H and O–H groups in total. The minimum Gasteiger partial charge on any atom is -0.459 e. The Labute approximate surface area is 182 Å². The number of likely N-dealkylation sites (tertiary alicyclic amines) is 1. The lowest BCUT2D eigenvalue weighted by atomic mass is 10.0. The Morgan fingerprint density at radius 2 is 1.81 bits per heavy atom. The Morgan fingerprint density at radius 3 is 2.48 bits per heavy atom. The molecule has 3 aromatic rings. The molecule has 1 aromatic carbocycles. The van der Waals surface area contributed by atoms with Crippen molar-refractivity contribution in [3.63, 3.8) is 0 Å². The normalized spacial score (nSPS) is 14.8. The summed E-state index contributed by atoms with van der Waals surface area (Å²) < 4.78 is 7.37. The van der Waals surface area contributed by atoms with Gasteiger partial charge in [0.2, 0.25) is 5.91 Å². The number of amides is 2. The van der Waals surface area contributed by atoms with E-state index < -0.39 is 0 Å². The van der Waals surface area contributed by atoms with Gasteiger partial charge >= 0.3 is 0 Å². The van der Waals surface area contributed by atoms with E-state index in [4.69, 9.17) is 4.42 Å². The molecular formula is C25H27N3O3. The second kappa shape index (κ2) is 9.08. The lowest BCUT2D eigenvalue weighted by Crippen LogP contribution is -2.46. The van der Waals surface area contributed by atoms with E-state index in [-0.39, 0.29) is 17.9 Å². The molecule has 6 nitrogen and oxygen atoms in total. The predicted molar refractivity (Wildman–Crippen MR) is 120 cm³/mol. The Balaban J connectivity index is 1.33. The van der Waals surface area contributed by atoms with Crippen molar-refractivity contribution in [2.45, 2.75) is 32.7 Å². The van der Waals surface area contributed by atoms with Crippen molar-refractivity contribution < 1.29 is 14.0 Å². The van der Waals surface area contributed by atoms with Crippen LogP contribution in [0.2, 0.25) is 0 Å². The van der Waals surface area contributed by atoms with E-state index in [2.05, 4.69) is 41.9 Å². The third kappa shape index (κ3) is 4.63. The zero-order chi connectivity index (χ0) is 21.8. The van der Waals surface area contributed by atoms with Gasteiger partial charge in [0.05, 0.1) is 6.26 Å². The summed E-state index contributed by atoms with van der Waals surface area (Å²) in [6.45, 7) is 5.33. The number of nitrogens with one attached hydrogen (secondary N) is 1. The van der Waals surface area contributed by atoms with E-state index >= 15 is 0 Å². The summed E-state index contributed by atoms with van der Waals surface area (Å²) in [5.41, 5.74) is 4.35. The largest absolute Gasteiger partial charge is 0.459 e. The van der Waals surface area contributed by atoms with Gasteiger partial charge < -0.3 is 19.2 Å². The maximum absolute atomic E-state index is 12.5. The molecule has 0 spiro atoms. The number of nitrogens with zero attached hydrogens (tertiary/aromatic N) is 2. The average Bonchev–Trinajstić information content (AvgIpc) is 3.41. The summed E-state index contributed by atoms with van der Waals surface area (Å²) in [5.74, 6) is 0.155. The van der Waals surface area contributed by atoms with Crippen LogP contribution in [0.5, 0.6) is 0 Å². The molecule has 0 bridgehead atoms. The van der Waals surface area contributed by atoms with Gasteiger partial charge in [-0.25, -0.2) is 0 Å². The first-order chi connectivity index (χ1) is 15.0. The molecule has 1 aliphatic heterocycles. The Bertz CT molecular complexity index is 1070. The number of aryl methyl sites for hydroxylation is 1. The summed E-state index contributed by atoms with van der Waals surface area (Å²) in [6.07, 6.45) is 6.43. The monoisotopic (exact) mass is 417 g/mol. The zero-order valence-corrected chi connectivity index (χ0v) is 17.9. The van der Waals surface area contributed by atoms with Crippen LogP contribution in [-0.2, 0) is 4.79 Å². The molecule has 1 aliphatic rings. The van der Waals surface area contributed by atoms with Gasteiger partial charge in [-0.15, -0.1) is 0 Å². The Kier molecular flexibility index (Phi) is 6.07. The van der Waals surface area contributed by atoms with Crippen molar-refractivity contribution in [1.29, 1.82) is 0 Å². The van der Waals surface area contributed by atoms with Crippen LogP contribution in [0.15, 0.2) is 65.3 Å². The second-order valence-corrected chi connectivity index (χ2v) is 7.88. The van der Waals surface area contributed by atoms with Crippen molar-refractivity contribution in [2.75, 3.05) is 13.1 Å². The summed E-state index contributed by atoms with van der Waals surface area (Å²) in [5, 5.41) is 3.06. The summed E-state index contributed by atoms with van der Waals surface area (Å²) >= 11 is 0. The maximum atomic E-state index is 12.5. The molecule has 1 fully saturated rings. The molecule has 3 heterocycles. The number of hydrogen-bond acceptors (Lipinski definition) is 3. The predicted octanol–water partition coefficient (Wildman–Crippen LogP) is 4.12. The van der Waals surface area contributed by atoms with Gasteiger partial charge in [0.25, 0.3) is 5.91 Å². The van der Waals surface area contributed by atoms with E-state index in [1.54, 1.807) is 23.1 Å². The molecule has 2 amide bonds. The summed E-state index contributed by atoms with van der Waals surface area (Å²) in [7, 11) is 0. The summed E-state index contributed by atoms with van der Waals surface area (Å²) in [4.78, 5) is 26.6. The van der Waals surface area contributed by atoms with Crippen LogP contribution in [0, 0.1) is 13.8 Å². The molecule has 160 valence electrons. The molecular weight excluding hydrogens is 390 g/mol. The first kappa shape index (κ1) is 20.7. The van der Waals surface area contributed by atoms with Gasteiger partial charge in [-0.2, -0.15) is 0 Å². The molecule has 0 aliphatic carbocycles. The molecule has 0 unspecified atom stereocenters. The third-order valence-corrected chi connectivity index (χ3v) is 5.76. The van der Waals surface area contributed by atoms with E-state index in [0.717, 1.165) is 35.5 Å². The van der Waals surface area contributed by atoms with Crippen LogP contribution in [0.1, 0.15) is 40.3 Å². The van der Waals surface area contributed by atoms with Crippen molar-refractivity contribution >= 4 is 17.9 Å². The average molecular weight is 418 g/mol. The van der Waals surface area contributed by atoms with Crippen molar-refractivity contribution in [3.8, 4) is 5.69 Å². The van der Waals surface area contributed by atoms with Gasteiger partial charge in [-0.05, 0) is 68.7 Å². The topological polar surface area (TPSA) is 67.5 Å². The minimum absolute atomic E-state index is 0.0644. The molecule has 1 saturated heterocycles. The smallest absolute Gasteiger partial charge is 0.289 e. The summed E-state index contributed by atoms with van der Waals surface area (Å²) in [6, 6.07) is 15.7. The number of furan rings is 1. The van der Waals surface area contributed by atoms with Crippen LogP contribution in [0.3, 0.4) is 0 Å². The van der Waals surface area contributed by atoms with Gasteiger partial charge in [0.15, 0.2) is 5.76 Å². The van der Waals surface area contributed by atoms with Crippen LogP contribution in [0.4, 0.5) is 0 Å². The first-order valence-electron chi connectivity index (χ1n) is 10.6. The van der Waals surface area contributed by atoms with Crippen LogP contribution in [0.25, 0.3) is 11.8 Å². The standard InChI is InChI=1S/C25H27N3O3/c1-18-17-20(19(2)28(18)22-7-4-3-5-8-22)10-11-24(29)26-21-12-14-27(15-13-21)25(30)23-9-6-16-31-23/h3-11,16-17,21H,12-15H2,1-2H3,(H,26,29)/b11-10+. The number of carbonyl (C=O) groups is 2. The van der Waals surface area contributed by atoms with Crippen LogP contribution < -0.4 is 5.32 Å². The molecule has 4 rings (SSSR count). The van der Waals surface area contributed by atoms with Crippen molar-refractivity contribution in [1.82, 2.24) is 14.8 Å². The molecule has 0 radical (unpaired) electrons. The quantitative estimate of drug-likeness (QED) is 0.635. The van der Waals surface area contributed by atoms with Crippen LogP contribution >= 0.6 is 0 Å². The minimum atomic E-state index is -0.111. The number of para-hydroxylation sites is 1. The molecule has 2 aromatic heterocycles. The van der Waals surface area contributed by atoms with E-state index in [9.17, 15) is 9.59 Å². The highest BCUT2D eigenvalue weighted by Gasteiger charge is 2.25. The van der Waals surface area contributed by atoms with Gasteiger partial charge in [-0.1, -0.05) is 18.2 Å². The third-order valence-electron chi connectivity index (χ3n) is 5.76. The number of hydrogen-bond donors (Lipinski definition) is 1. The van der Waals surface area contributed by atoms with Gasteiger partial charge in [-0.3, -0.25) is 9.59 Å². The Hall–Kier alpha value is -3.54. The highest BCUT2D eigenvalue weighted by molar-refractivity contribution is 5.92. The maximum Gasteiger partial charge on any atom is 0.289 e. The molecule has 0 saturated carbocycles. The number of carbonyl (C=O) groups excluding carboxylic acids is 2. The fraction of sp³-hybridized carbons (Fsp3) is 0.280. The second-order valence-electron chi connectivity index (χ2n) is 7.88. The number of benzene rings is 1. The lowest BCUT2D eigenvalue weighted by Gasteiger charge is -2.31. The SMILES string of the molecule is Cc1cc(/C=C/C(=O)NC2CCN(C(=O)c3ccco3)CC2)c(C)n1-c1ccccc1.